The molecule has 0 atom stereocenters. The number of unbranched alkanes of at least 4 members (excludes halogenated alkanes) is 4. The second-order valence-corrected chi connectivity index (χ2v) is 10.2. The quantitative estimate of drug-likeness (QED) is 0.378. The van der Waals surface area contributed by atoms with Crippen molar-refractivity contribution in [2.45, 2.75) is 122 Å². The van der Waals surface area contributed by atoms with Crippen LogP contribution in [0.1, 0.15) is 132 Å². The molecule has 0 heterocycles. The summed E-state index contributed by atoms with van der Waals surface area (Å²) in [4.78, 5) is 0. The minimum atomic E-state index is 0.118. The Labute approximate surface area is 191 Å². The maximum atomic E-state index is 10.1. The standard InChI is InChI=1S/C29H42N2/c1-3-5-6-7-9-12-23-13-16-25(17-14-23)29(19-10-8-11-20-29)28-18-15-24(4-2)26(21-30)27(28)22-31/h15,18,23,25H,3-14,16-17,19-20H2,1-2H3/t23-,25-. The molecule has 0 N–H and O–H groups in total. The molecule has 168 valence electrons. The Morgan fingerprint density at radius 2 is 1.52 bits per heavy atom. The van der Waals surface area contributed by atoms with Crippen LogP contribution >= 0.6 is 0 Å². The van der Waals surface area contributed by atoms with Crippen molar-refractivity contribution in [1.82, 2.24) is 0 Å². The summed E-state index contributed by atoms with van der Waals surface area (Å²) in [6.07, 6.45) is 20.7. The summed E-state index contributed by atoms with van der Waals surface area (Å²) in [7, 11) is 0. The van der Waals surface area contributed by atoms with Crippen molar-refractivity contribution in [3.63, 3.8) is 0 Å². The van der Waals surface area contributed by atoms with Crippen molar-refractivity contribution in [3.05, 3.63) is 34.4 Å². The normalized spacial score (nSPS) is 23.1. The highest BCUT2D eigenvalue weighted by Gasteiger charge is 2.44. The monoisotopic (exact) mass is 418 g/mol. The number of hydrogen-bond donors (Lipinski definition) is 0. The zero-order valence-corrected chi connectivity index (χ0v) is 20.0. The summed E-state index contributed by atoms with van der Waals surface area (Å²) >= 11 is 0. The van der Waals surface area contributed by atoms with Crippen LogP contribution in [0.3, 0.4) is 0 Å². The Bertz CT molecular complexity index is 780. The Balaban J connectivity index is 1.78. The summed E-state index contributed by atoms with van der Waals surface area (Å²) in [6.45, 7) is 4.37. The summed E-state index contributed by atoms with van der Waals surface area (Å²) < 4.78 is 0. The molecular weight excluding hydrogens is 376 g/mol. The first-order valence-electron chi connectivity index (χ1n) is 13.2. The van der Waals surface area contributed by atoms with E-state index in [9.17, 15) is 10.5 Å². The fraction of sp³-hybridized carbons (Fsp3) is 0.724. The van der Waals surface area contributed by atoms with Crippen LogP contribution in [-0.4, -0.2) is 0 Å². The van der Waals surface area contributed by atoms with E-state index in [-0.39, 0.29) is 5.41 Å². The van der Waals surface area contributed by atoms with E-state index in [2.05, 4.69) is 38.1 Å². The Morgan fingerprint density at radius 1 is 0.839 bits per heavy atom. The maximum absolute atomic E-state index is 10.1. The van der Waals surface area contributed by atoms with Crippen molar-refractivity contribution < 1.29 is 0 Å². The Hall–Kier alpha value is -1.80. The lowest BCUT2D eigenvalue weighted by Crippen LogP contribution is -2.40. The van der Waals surface area contributed by atoms with Crippen LogP contribution in [0, 0.1) is 34.5 Å². The molecule has 2 aliphatic rings. The summed E-state index contributed by atoms with van der Waals surface area (Å²) in [6, 6.07) is 9.26. The SMILES string of the molecule is CCCCCCC[C@H]1CC[C@H](C2(c3ccc(CC)c(C#N)c3C#N)CCCCC2)CC1. The summed E-state index contributed by atoms with van der Waals surface area (Å²) in [5.41, 5.74) is 3.70. The topological polar surface area (TPSA) is 47.6 Å². The van der Waals surface area contributed by atoms with Crippen molar-refractivity contribution in [2.75, 3.05) is 0 Å². The van der Waals surface area contributed by atoms with Gasteiger partial charge in [-0.25, -0.2) is 0 Å². The lowest BCUT2D eigenvalue weighted by atomic mass is 9.56. The van der Waals surface area contributed by atoms with E-state index in [1.165, 1.54) is 102 Å². The number of benzene rings is 1. The molecule has 0 unspecified atom stereocenters. The second-order valence-electron chi connectivity index (χ2n) is 10.2. The zero-order valence-electron chi connectivity index (χ0n) is 20.0. The largest absolute Gasteiger partial charge is 0.192 e. The summed E-state index contributed by atoms with van der Waals surface area (Å²) in [5, 5.41) is 19.9. The number of nitrogens with zero attached hydrogens (tertiary/aromatic N) is 2. The van der Waals surface area contributed by atoms with Gasteiger partial charge in [0, 0.05) is 0 Å². The molecule has 31 heavy (non-hydrogen) atoms. The molecule has 0 amide bonds. The van der Waals surface area contributed by atoms with Gasteiger partial charge < -0.3 is 0 Å². The van der Waals surface area contributed by atoms with Gasteiger partial charge in [-0.3, -0.25) is 0 Å². The first kappa shape index (κ1) is 23.9. The van der Waals surface area contributed by atoms with E-state index in [1.807, 2.05) is 0 Å². The van der Waals surface area contributed by atoms with Gasteiger partial charge in [-0.05, 0) is 60.5 Å². The van der Waals surface area contributed by atoms with Crippen molar-refractivity contribution in [3.8, 4) is 12.1 Å². The van der Waals surface area contributed by atoms with Gasteiger partial charge in [0.25, 0.3) is 0 Å². The second kappa shape index (κ2) is 11.7. The van der Waals surface area contributed by atoms with Gasteiger partial charge in [-0.1, -0.05) is 96.6 Å². The third-order valence-corrected chi connectivity index (χ3v) is 8.52. The smallest absolute Gasteiger partial charge is 0.101 e. The molecule has 3 rings (SSSR count). The van der Waals surface area contributed by atoms with Crippen molar-refractivity contribution in [1.29, 1.82) is 10.5 Å². The lowest BCUT2D eigenvalue weighted by Gasteiger charge is -2.47. The fourth-order valence-corrected chi connectivity index (χ4v) is 6.72. The zero-order chi connectivity index (χ0) is 22.1. The van der Waals surface area contributed by atoms with E-state index >= 15 is 0 Å². The predicted molar refractivity (Wildman–Crippen MR) is 129 cm³/mol. The minimum absolute atomic E-state index is 0.118. The molecule has 0 aromatic heterocycles. The van der Waals surface area contributed by atoms with Crippen LogP contribution < -0.4 is 0 Å². The van der Waals surface area contributed by atoms with Crippen LogP contribution in [0.5, 0.6) is 0 Å². The van der Waals surface area contributed by atoms with Crippen molar-refractivity contribution in [2.24, 2.45) is 11.8 Å². The Kier molecular flexibility index (Phi) is 9.02. The molecule has 2 heteroatoms. The minimum Gasteiger partial charge on any atom is -0.192 e. The van der Waals surface area contributed by atoms with E-state index < -0.39 is 0 Å². The highest BCUT2D eigenvalue weighted by Crippen LogP contribution is 2.52. The van der Waals surface area contributed by atoms with E-state index in [0.717, 1.165) is 17.9 Å². The average molecular weight is 419 g/mol. The molecule has 0 bridgehead atoms. The molecule has 1 aromatic rings. The molecule has 2 nitrogen and oxygen atoms in total. The van der Waals surface area contributed by atoms with Gasteiger partial charge in [0.15, 0.2) is 0 Å². The lowest BCUT2D eigenvalue weighted by molar-refractivity contribution is 0.124. The third kappa shape index (κ3) is 5.34. The number of aryl methyl sites for hydroxylation is 1. The van der Waals surface area contributed by atoms with Crippen LogP contribution in [0.15, 0.2) is 12.1 Å². The van der Waals surface area contributed by atoms with Gasteiger partial charge >= 0.3 is 0 Å². The van der Waals surface area contributed by atoms with E-state index in [1.54, 1.807) is 0 Å². The molecule has 0 aliphatic heterocycles. The van der Waals surface area contributed by atoms with Crippen LogP contribution in [0.4, 0.5) is 0 Å². The van der Waals surface area contributed by atoms with Gasteiger partial charge in [0.05, 0.1) is 11.1 Å². The number of rotatable bonds is 9. The van der Waals surface area contributed by atoms with Crippen molar-refractivity contribution >= 4 is 0 Å². The first-order valence-corrected chi connectivity index (χ1v) is 13.2. The molecule has 2 saturated carbocycles. The molecular formula is C29H42N2. The van der Waals surface area contributed by atoms with Crippen LogP contribution in [0.25, 0.3) is 0 Å². The van der Waals surface area contributed by atoms with Crippen LogP contribution in [0.2, 0.25) is 0 Å². The molecule has 2 fully saturated rings. The third-order valence-electron chi connectivity index (χ3n) is 8.52. The van der Waals surface area contributed by atoms with Gasteiger partial charge in [0.2, 0.25) is 0 Å². The average Bonchev–Trinajstić information content (AvgIpc) is 2.83. The summed E-state index contributed by atoms with van der Waals surface area (Å²) in [5.74, 6) is 1.58. The van der Waals surface area contributed by atoms with Crippen LogP contribution in [-0.2, 0) is 11.8 Å². The van der Waals surface area contributed by atoms with E-state index in [4.69, 9.17) is 0 Å². The molecule has 0 spiro atoms. The van der Waals surface area contributed by atoms with E-state index in [0.29, 0.717) is 17.0 Å². The molecule has 1 aromatic carbocycles. The first-order chi connectivity index (χ1) is 15.2. The maximum Gasteiger partial charge on any atom is 0.101 e. The molecule has 2 aliphatic carbocycles. The highest BCUT2D eigenvalue weighted by molar-refractivity contribution is 5.57. The number of hydrogen-bond acceptors (Lipinski definition) is 2. The predicted octanol–water partition coefficient (Wildman–Crippen LogP) is 8.36. The van der Waals surface area contributed by atoms with Gasteiger partial charge in [-0.2, -0.15) is 10.5 Å². The number of nitriles is 2. The fourth-order valence-electron chi connectivity index (χ4n) is 6.72. The van der Waals surface area contributed by atoms with Gasteiger partial charge in [-0.15, -0.1) is 0 Å². The Morgan fingerprint density at radius 3 is 2.13 bits per heavy atom. The highest BCUT2D eigenvalue weighted by atomic mass is 14.5. The molecule has 0 saturated heterocycles. The van der Waals surface area contributed by atoms with Gasteiger partial charge in [0.1, 0.15) is 12.1 Å². The molecule has 0 radical (unpaired) electrons.